The second kappa shape index (κ2) is 6.53. The fourth-order valence-electron chi connectivity index (χ4n) is 2.45. The van der Waals surface area contributed by atoms with Crippen molar-refractivity contribution in [1.29, 1.82) is 5.26 Å². The van der Waals surface area contributed by atoms with Crippen molar-refractivity contribution in [3.05, 3.63) is 29.6 Å². The van der Waals surface area contributed by atoms with Crippen molar-refractivity contribution < 1.29 is 0 Å². The first-order chi connectivity index (χ1) is 9.65. The Bertz CT molecular complexity index is 619. The van der Waals surface area contributed by atoms with Crippen LogP contribution in [0.4, 0.5) is 0 Å². The van der Waals surface area contributed by atoms with E-state index in [1.807, 2.05) is 0 Å². The van der Waals surface area contributed by atoms with Crippen LogP contribution in [0, 0.1) is 11.3 Å². The Morgan fingerprint density at radius 2 is 2.15 bits per heavy atom. The fraction of sp³-hybridized carbons (Fsp3) is 0.500. The van der Waals surface area contributed by atoms with Crippen LogP contribution in [0.3, 0.4) is 0 Å². The van der Waals surface area contributed by atoms with Crippen molar-refractivity contribution in [3.8, 4) is 6.07 Å². The quantitative estimate of drug-likeness (QED) is 0.810. The number of benzene rings is 1. The summed E-state index contributed by atoms with van der Waals surface area (Å²) in [6.45, 7) is 4.10. The fourth-order valence-corrected chi connectivity index (χ4v) is 2.45. The third kappa shape index (κ3) is 3.17. The van der Waals surface area contributed by atoms with E-state index in [0.29, 0.717) is 6.42 Å². The number of hydrogen-bond donors (Lipinski definition) is 0. The van der Waals surface area contributed by atoms with Crippen LogP contribution in [0.25, 0.3) is 11.0 Å². The zero-order valence-corrected chi connectivity index (χ0v) is 12.6. The van der Waals surface area contributed by atoms with Crippen LogP contribution in [-0.2, 0) is 19.4 Å². The number of nitriles is 1. The van der Waals surface area contributed by atoms with E-state index in [1.54, 1.807) is 0 Å². The lowest BCUT2D eigenvalue weighted by atomic mass is 10.1. The van der Waals surface area contributed by atoms with Crippen LogP contribution in [-0.4, -0.2) is 35.1 Å². The van der Waals surface area contributed by atoms with Gasteiger partial charge in [0.15, 0.2) is 0 Å². The Balaban J connectivity index is 2.33. The van der Waals surface area contributed by atoms with Gasteiger partial charge in [-0.15, -0.1) is 0 Å². The Labute approximate surface area is 120 Å². The Morgan fingerprint density at radius 1 is 1.35 bits per heavy atom. The summed E-state index contributed by atoms with van der Waals surface area (Å²) < 4.78 is 2.20. The van der Waals surface area contributed by atoms with Gasteiger partial charge in [0.2, 0.25) is 0 Å². The van der Waals surface area contributed by atoms with Crippen molar-refractivity contribution >= 4 is 11.0 Å². The molecule has 0 saturated heterocycles. The van der Waals surface area contributed by atoms with E-state index in [1.165, 1.54) is 5.56 Å². The van der Waals surface area contributed by atoms with Crippen LogP contribution >= 0.6 is 0 Å². The van der Waals surface area contributed by atoms with E-state index in [9.17, 15) is 0 Å². The first kappa shape index (κ1) is 14.5. The Hall–Kier alpha value is -1.86. The highest BCUT2D eigenvalue weighted by atomic mass is 15.1. The molecule has 2 rings (SSSR count). The molecule has 0 aliphatic heterocycles. The van der Waals surface area contributed by atoms with E-state index >= 15 is 0 Å². The number of imidazole rings is 1. The molecule has 0 aliphatic carbocycles. The highest BCUT2D eigenvalue weighted by Gasteiger charge is 2.10. The first-order valence-electron chi connectivity index (χ1n) is 7.15. The van der Waals surface area contributed by atoms with Gasteiger partial charge in [-0.1, -0.05) is 13.0 Å². The smallest absolute Gasteiger partial charge is 0.124 e. The van der Waals surface area contributed by atoms with Crippen LogP contribution in [0.15, 0.2) is 18.2 Å². The second-order valence-electron chi connectivity index (χ2n) is 5.35. The zero-order valence-electron chi connectivity index (χ0n) is 12.6. The minimum absolute atomic E-state index is 0.373. The number of rotatable bonds is 6. The SMILES string of the molecule is CCc1ccc2c(c1)nc(CC#N)n2CCCN(C)C. The van der Waals surface area contributed by atoms with Gasteiger partial charge in [-0.25, -0.2) is 4.98 Å². The highest BCUT2D eigenvalue weighted by Crippen LogP contribution is 2.19. The minimum atomic E-state index is 0.373. The number of nitrogens with zero attached hydrogens (tertiary/aromatic N) is 4. The third-order valence-corrected chi connectivity index (χ3v) is 3.52. The predicted molar refractivity (Wildman–Crippen MR) is 81.6 cm³/mol. The molecule has 0 aliphatic rings. The third-order valence-electron chi connectivity index (χ3n) is 3.52. The average molecular weight is 270 g/mol. The first-order valence-corrected chi connectivity index (χ1v) is 7.15. The molecule has 4 heteroatoms. The second-order valence-corrected chi connectivity index (χ2v) is 5.35. The van der Waals surface area contributed by atoms with Crippen molar-refractivity contribution in [2.75, 3.05) is 20.6 Å². The molecule has 0 amide bonds. The molecule has 0 saturated carbocycles. The van der Waals surface area contributed by atoms with Gasteiger partial charge < -0.3 is 9.47 Å². The maximum absolute atomic E-state index is 8.97. The largest absolute Gasteiger partial charge is 0.327 e. The van der Waals surface area contributed by atoms with Gasteiger partial charge in [0, 0.05) is 6.54 Å². The molecule has 0 bridgehead atoms. The van der Waals surface area contributed by atoms with E-state index in [4.69, 9.17) is 5.26 Å². The Kier molecular flexibility index (Phi) is 4.75. The van der Waals surface area contributed by atoms with Crippen LogP contribution < -0.4 is 0 Å². The number of aromatic nitrogens is 2. The van der Waals surface area contributed by atoms with Gasteiger partial charge in [-0.05, 0) is 51.2 Å². The molecule has 1 aromatic carbocycles. The van der Waals surface area contributed by atoms with Crippen molar-refractivity contribution in [2.45, 2.75) is 32.7 Å². The molecule has 2 aromatic rings. The molecule has 20 heavy (non-hydrogen) atoms. The summed E-state index contributed by atoms with van der Waals surface area (Å²) in [7, 11) is 4.16. The van der Waals surface area contributed by atoms with Gasteiger partial charge in [0.25, 0.3) is 0 Å². The summed E-state index contributed by atoms with van der Waals surface area (Å²) in [6.07, 6.45) is 2.45. The monoisotopic (exact) mass is 270 g/mol. The molecule has 1 heterocycles. The molecule has 0 spiro atoms. The molecule has 0 N–H and O–H groups in total. The van der Waals surface area contributed by atoms with E-state index in [2.05, 4.69) is 59.7 Å². The lowest BCUT2D eigenvalue weighted by molar-refractivity contribution is 0.386. The maximum atomic E-state index is 8.97. The molecular formula is C16H22N4. The molecular weight excluding hydrogens is 248 g/mol. The molecule has 106 valence electrons. The summed E-state index contributed by atoms with van der Waals surface area (Å²) >= 11 is 0. The molecule has 0 radical (unpaired) electrons. The summed E-state index contributed by atoms with van der Waals surface area (Å²) in [6, 6.07) is 8.65. The number of fused-ring (bicyclic) bond motifs is 1. The summed E-state index contributed by atoms with van der Waals surface area (Å²) in [5, 5.41) is 8.97. The molecule has 0 atom stereocenters. The highest BCUT2D eigenvalue weighted by molar-refractivity contribution is 5.77. The molecule has 0 fully saturated rings. The lowest BCUT2D eigenvalue weighted by Crippen LogP contribution is -2.15. The topological polar surface area (TPSA) is 44.9 Å². The standard InChI is InChI=1S/C16H22N4/c1-4-13-6-7-15-14(12-13)18-16(8-9-17)20(15)11-5-10-19(2)3/h6-7,12H,4-5,8,10-11H2,1-3H3. The van der Waals surface area contributed by atoms with Crippen LogP contribution in [0.1, 0.15) is 24.7 Å². The minimum Gasteiger partial charge on any atom is -0.327 e. The Morgan fingerprint density at radius 3 is 2.80 bits per heavy atom. The number of hydrogen-bond acceptors (Lipinski definition) is 3. The van der Waals surface area contributed by atoms with E-state index < -0.39 is 0 Å². The molecule has 0 unspecified atom stereocenters. The van der Waals surface area contributed by atoms with Crippen molar-refractivity contribution in [3.63, 3.8) is 0 Å². The molecule has 4 nitrogen and oxygen atoms in total. The van der Waals surface area contributed by atoms with Crippen LogP contribution in [0.2, 0.25) is 0 Å². The normalized spacial score (nSPS) is 11.2. The van der Waals surface area contributed by atoms with Gasteiger partial charge in [0.05, 0.1) is 23.5 Å². The van der Waals surface area contributed by atoms with Gasteiger partial charge in [-0.2, -0.15) is 5.26 Å². The lowest BCUT2D eigenvalue weighted by Gasteiger charge is -2.11. The number of aryl methyl sites for hydroxylation is 2. The molecule has 1 aromatic heterocycles. The average Bonchev–Trinajstić information content (AvgIpc) is 2.76. The van der Waals surface area contributed by atoms with Gasteiger partial charge >= 0.3 is 0 Å². The maximum Gasteiger partial charge on any atom is 0.124 e. The summed E-state index contributed by atoms with van der Waals surface area (Å²) in [5.41, 5.74) is 3.45. The van der Waals surface area contributed by atoms with E-state index in [0.717, 1.165) is 42.8 Å². The zero-order chi connectivity index (χ0) is 14.5. The predicted octanol–water partition coefficient (Wildman–Crippen LogP) is 2.62. The van der Waals surface area contributed by atoms with Crippen molar-refractivity contribution in [1.82, 2.24) is 14.5 Å². The van der Waals surface area contributed by atoms with Crippen LogP contribution in [0.5, 0.6) is 0 Å². The van der Waals surface area contributed by atoms with E-state index in [-0.39, 0.29) is 0 Å². The van der Waals surface area contributed by atoms with Gasteiger partial charge in [-0.3, -0.25) is 0 Å². The summed E-state index contributed by atoms with van der Waals surface area (Å²) in [5.74, 6) is 0.884. The van der Waals surface area contributed by atoms with Gasteiger partial charge in [0.1, 0.15) is 5.82 Å². The summed E-state index contributed by atoms with van der Waals surface area (Å²) in [4.78, 5) is 6.81. The van der Waals surface area contributed by atoms with Crippen molar-refractivity contribution in [2.24, 2.45) is 0 Å².